The minimum absolute atomic E-state index is 0.0657. The largest absolute Gasteiger partial charge is 0.481 e. The fraction of sp³-hybridized carbons (Fsp3) is 0.500. The van der Waals surface area contributed by atoms with E-state index >= 15 is 0 Å². The average Bonchev–Trinajstić information content (AvgIpc) is 2.31. The number of carbonyl (C=O) groups is 1. The van der Waals surface area contributed by atoms with Crippen LogP contribution in [0.25, 0.3) is 0 Å². The second-order valence-corrected chi connectivity index (χ2v) is 5.25. The van der Waals surface area contributed by atoms with Crippen LogP contribution in [0.4, 0.5) is 0 Å². The number of rotatable bonds is 3. The van der Waals surface area contributed by atoms with Gasteiger partial charge in [-0.1, -0.05) is 11.8 Å². The molecule has 1 aliphatic rings. The minimum atomic E-state index is -0.971. The van der Waals surface area contributed by atoms with Gasteiger partial charge in [-0.15, -0.1) is 10.2 Å². The van der Waals surface area contributed by atoms with Crippen LogP contribution in [0.1, 0.15) is 26.0 Å². The molecule has 0 spiro atoms. The summed E-state index contributed by atoms with van der Waals surface area (Å²) in [6.45, 7) is 3.81. The summed E-state index contributed by atoms with van der Waals surface area (Å²) in [4.78, 5) is 22.5. The highest BCUT2D eigenvalue weighted by Gasteiger charge is 2.21. The van der Waals surface area contributed by atoms with E-state index in [1.807, 2.05) is 13.8 Å². The molecule has 1 N–H and O–H groups in total. The fourth-order valence-corrected chi connectivity index (χ4v) is 2.27. The zero-order valence-corrected chi connectivity index (χ0v) is 10.8. The van der Waals surface area contributed by atoms with Gasteiger partial charge in [0.25, 0.3) is 5.56 Å². The normalized spacial score (nSPS) is 18.1. The quantitative estimate of drug-likeness (QED) is 0.850. The summed E-state index contributed by atoms with van der Waals surface area (Å²) in [7, 11) is 0. The lowest BCUT2D eigenvalue weighted by Crippen LogP contribution is -2.31. The molecule has 1 aliphatic heterocycles. The van der Waals surface area contributed by atoms with Crippen molar-refractivity contribution in [1.82, 2.24) is 14.9 Å². The predicted molar refractivity (Wildman–Crippen MR) is 66.1 cm³/mol. The van der Waals surface area contributed by atoms with Crippen molar-refractivity contribution in [2.45, 2.75) is 37.1 Å². The van der Waals surface area contributed by atoms with E-state index in [4.69, 9.17) is 5.11 Å². The van der Waals surface area contributed by atoms with E-state index in [2.05, 4.69) is 15.3 Å². The molecule has 2 rings (SSSR count). The maximum absolute atomic E-state index is 12.0. The number of thioether (sulfide) groups is 1. The molecule has 7 nitrogen and oxygen atoms in total. The third-order valence-electron chi connectivity index (χ3n) is 2.58. The van der Waals surface area contributed by atoms with Crippen LogP contribution in [-0.2, 0) is 11.2 Å². The van der Waals surface area contributed by atoms with Gasteiger partial charge in [-0.3, -0.25) is 9.59 Å². The predicted octanol–water partition coefficient (Wildman–Crippen LogP) is 0.374. The number of aromatic nitrogens is 3. The molecule has 96 valence electrons. The molecule has 2 heterocycles. The maximum atomic E-state index is 12.0. The molecule has 0 unspecified atom stereocenters. The van der Waals surface area contributed by atoms with Crippen LogP contribution in [-0.4, -0.2) is 36.9 Å². The first-order valence-corrected chi connectivity index (χ1v) is 6.29. The molecule has 0 aromatic carbocycles. The van der Waals surface area contributed by atoms with Crippen LogP contribution >= 0.6 is 11.8 Å². The van der Waals surface area contributed by atoms with Crippen LogP contribution < -0.4 is 5.56 Å². The molecule has 0 fully saturated rings. The lowest BCUT2D eigenvalue weighted by Gasteiger charge is -2.18. The Hall–Kier alpha value is -1.70. The van der Waals surface area contributed by atoms with Crippen LogP contribution in [0.3, 0.4) is 0 Å². The Bertz CT molecular complexity index is 581. The molecular formula is C10H12N4O3S. The summed E-state index contributed by atoms with van der Waals surface area (Å²) in [5.74, 6) is -0.971. The molecule has 1 aromatic heterocycles. The summed E-state index contributed by atoms with van der Waals surface area (Å²) in [6.07, 6.45) is -0.0776. The van der Waals surface area contributed by atoms with Gasteiger partial charge in [0.2, 0.25) is 5.16 Å². The highest BCUT2D eigenvalue weighted by Crippen LogP contribution is 2.24. The molecule has 0 saturated carbocycles. The van der Waals surface area contributed by atoms with Gasteiger partial charge < -0.3 is 5.11 Å². The third-order valence-corrected chi connectivity index (χ3v) is 3.74. The molecule has 18 heavy (non-hydrogen) atoms. The van der Waals surface area contributed by atoms with Crippen molar-refractivity contribution in [3.05, 3.63) is 16.0 Å². The first-order chi connectivity index (χ1) is 8.49. The van der Waals surface area contributed by atoms with Gasteiger partial charge in [0.05, 0.1) is 6.42 Å². The van der Waals surface area contributed by atoms with E-state index in [1.54, 1.807) is 0 Å². The number of fused-ring (bicyclic) bond motifs is 1. The zero-order valence-electron chi connectivity index (χ0n) is 9.95. The standard InChI is InChI=1S/C10H12N4O3S/c1-5-6(2)18-10-12-11-7(3-4-8(15)16)9(17)14(10)13-5/h6H,3-4H2,1-2H3,(H,15,16)/t6-/m0/s1. The first-order valence-electron chi connectivity index (χ1n) is 5.41. The Morgan fingerprint density at radius 3 is 2.89 bits per heavy atom. The van der Waals surface area contributed by atoms with E-state index in [0.717, 1.165) is 5.71 Å². The zero-order chi connectivity index (χ0) is 13.3. The molecule has 0 saturated heterocycles. The number of carboxylic acid groups (broad SMARTS) is 1. The molecule has 0 radical (unpaired) electrons. The van der Waals surface area contributed by atoms with Crippen molar-refractivity contribution in [3.8, 4) is 0 Å². The second-order valence-electron chi connectivity index (χ2n) is 3.94. The summed E-state index contributed by atoms with van der Waals surface area (Å²) in [5, 5.41) is 21.1. The fourth-order valence-electron chi connectivity index (χ4n) is 1.42. The second kappa shape index (κ2) is 4.89. The molecule has 8 heteroatoms. The highest BCUT2D eigenvalue weighted by molar-refractivity contribution is 8.00. The Kier molecular flexibility index (Phi) is 3.46. The van der Waals surface area contributed by atoms with Crippen molar-refractivity contribution < 1.29 is 9.90 Å². The molecule has 1 aromatic rings. The lowest BCUT2D eigenvalue weighted by molar-refractivity contribution is -0.136. The van der Waals surface area contributed by atoms with E-state index < -0.39 is 5.97 Å². The van der Waals surface area contributed by atoms with Crippen LogP contribution in [0, 0.1) is 0 Å². The molecule has 1 atom stereocenters. The Balaban J connectivity index is 2.38. The first kappa shape index (κ1) is 12.7. The van der Waals surface area contributed by atoms with E-state index in [9.17, 15) is 9.59 Å². The summed E-state index contributed by atoms with van der Waals surface area (Å²) in [5.41, 5.74) is 0.569. The van der Waals surface area contributed by atoms with Gasteiger partial charge in [0.15, 0.2) is 0 Å². The van der Waals surface area contributed by atoms with Gasteiger partial charge in [-0.05, 0) is 13.8 Å². The molecule has 0 bridgehead atoms. The van der Waals surface area contributed by atoms with E-state index in [-0.39, 0.29) is 29.3 Å². The number of hydrogen-bond acceptors (Lipinski definition) is 6. The Labute approximate surface area is 107 Å². The SMILES string of the molecule is CC1=Nn2c(nnc(CCC(=O)O)c2=O)S[C@H]1C. The Morgan fingerprint density at radius 1 is 1.50 bits per heavy atom. The topological polar surface area (TPSA) is 97.4 Å². The van der Waals surface area contributed by atoms with Crippen LogP contribution in [0.15, 0.2) is 15.1 Å². The maximum Gasteiger partial charge on any atom is 0.303 e. The molecular weight excluding hydrogens is 256 g/mol. The van der Waals surface area contributed by atoms with E-state index in [1.165, 1.54) is 16.4 Å². The number of nitrogens with zero attached hydrogens (tertiary/aromatic N) is 4. The van der Waals surface area contributed by atoms with Gasteiger partial charge >= 0.3 is 5.97 Å². The highest BCUT2D eigenvalue weighted by atomic mass is 32.2. The Morgan fingerprint density at radius 2 is 2.22 bits per heavy atom. The number of hydrogen-bond donors (Lipinski definition) is 1. The summed E-state index contributed by atoms with van der Waals surface area (Å²) >= 11 is 1.41. The van der Waals surface area contributed by atoms with Gasteiger partial charge in [-0.2, -0.15) is 9.78 Å². The molecule has 0 aliphatic carbocycles. The lowest BCUT2D eigenvalue weighted by atomic mass is 10.2. The van der Waals surface area contributed by atoms with Crippen LogP contribution in [0.2, 0.25) is 0 Å². The van der Waals surface area contributed by atoms with Crippen molar-refractivity contribution in [2.24, 2.45) is 5.10 Å². The van der Waals surface area contributed by atoms with E-state index in [0.29, 0.717) is 5.16 Å². The van der Waals surface area contributed by atoms with Crippen molar-refractivity contribution in [3.63, 3.8) is 0 Å². The van der Waals surface area contributed by atoms with Gasteiger partial charge in [-0.25, -0.2) is 0 Å². The van der Waals surface area contributed by atoms with Crippen LogP contribution in [0.5, 0.6) is 0 Å². The minimum Gasteiger partial charge on any atom is -0.481 e. The average molecular weight is 268 g/mol. The summed E-state index contributed by atoms with van der Waals surface area (Å²) < 4.78 is 1.20. The van der Waals surface area contributed by atoms with Gasteiger partial charge in [0, 0.05) is 17.4 Å². The number of aliphatic carboxylic acids is 1. The monoisotopic (exact) mass is 268 g/mol. The summed E-state index contributed by atoms with van der Waals surface area (Å²) in [6, 6.07) is 0. The van der Waals surface area contributed by atoms with Crippen molar-refractivity contribution in [2.75, 3.05) is 0 Å². The van der Waals surface area contributed by atoms with Crippen molar-refractivity contribution >= 4 is 23.4 Å². The smallest absolute Gasteiger partial charge is 0.303 e. The number of aryl methyl sites for hydroxylation is 1. The number of carboxylic acids is 1. The molecule has 0 amide bonds. The van der Waals surface area contributed by atoms with Gasteiger partial charge in [0.1, 0.15) is 5.69 Å². The third kappa shape index (κ3) is 2.42. The van der Waals surface area contributed by atoms with Crippen molar-refractivity contribution in [1.29, 1.82) is 0 Å².